The van der Waals surface area contributed by atoms with Gasteiger partial charge in [0.05, 0.1) is 16.1 Å². The molecule has 2 aromatic rings. The number of amides is 1. The molecule has 4 rings (SSSR count). The van der Waals surface area contributed by atoms with Crippen LogP contribution in [0.4, 0.5) is 29.7 Å². The zero-order valence-corrected chi connectivity index (χ0v) is 22.8. The van der Waals surface area contributed by atoms with Crippen molar-refractivity contribution in [3.05, 3.63) is 64.5 Å². The summed E-state index contributed by atoms with van der Waals surface area (Å²) in [6.45, 7) is 6.56. The number of likely N-dealkylation sites (N-methyl/N-ethyl adjacent to an activating group) is 1. The van der Waals surface area contributed by atoms with Gasteiger partial charge in [-0.25, -0.2) is 10.8 Å². The Labute approximate surface area is 229 Å². The summed E-state index contributed by atoms with van der Waals surface area (Å²) in [5.41, 5.74) is 12.8. The van der Waals surface area contributed by atoms with E-state index in [9.17, 15) is 18.0 Å². The Morgan fingerprint density at radius 1 is 1.21 bits per heavy atom. The van der Waals surface area contributed by atoms with Crippen LogP contribution < -0.4 is 27.5 Å². The van der Waals surface area contributed by atoms with E-state index in [0.29, 0.717) is 45.8 Å². The molecule has 39 heavy (non-hydrogen) atoms. The van der Waals surface area contributed by atoms with Gasteiger partial charge in [0.25, 0.3) is 5.91 Å². The summed E-state index contributed by atoms with van der Waals surface area (Å²) in [6.07, 6.45) is 1.92. The van der Waals surface area contributed by atoms with Gasteiger partial charge in [-0.3, -0.25) is 9.80 Å². The number of alkyl halides is 3. The lowest BCUT2D eigenvalue weighted by atomic mass is 9.85. The number of carbonyl (C=O) groups excluding carboxylic acids is 1. The minimum Gasteiger partial charge on any atom is -0.396 e. The van der Waals surface area contributed by atoms with E-state index in [1.54, 1.807) is 24.4 Å². The molecule has 210 valence electrons. The summed E-state index contributed by atoms with van der Waals surface area (Å²) in [5, 5.41) is 4.39. The standard InChI is InChI=1S/C26H33F3N8OS/c1-15-8-17(9-22(16(15)2)37(32)14-21(30)23-13-33-25(31)39-23)24(38)34-19-10-18(26(27,28)29)11-20(12-19)36-6-4-35(3)5-7-36/h8-16H,4-7,30,32H2,1-3H3,(H2,31,33)(H,34,38)/b21-14-. The Balaban J connectivity index is 1.59. The molecule has 2 unspecified atom stereocenters. The monoisotopic (exact) mass is 562 g/mol. The maximum atomic E-state index is 13.7. The molecule has 1 aromatic carbocycles. The van der Waals surface area contributed by atoms with E-state index in [2.05, 4.69) is 15.2 Å². The number of piperazine rings is 1. The third-order valence-corrected chi connectivity index (χ3v) is 7.89. The van der Waals surface area contributed by atoms with Gasteiger partial charge in [-0.05, 0) is 37.2 Å². The number of hydrogen-bond acceptors (Lipinski definition) is 9. The number of carbonyl (C=O) groups is 1. The molecule has 0 saturated carbocycles. The number of nitrogens with two attached hydrogens (primary N) is 3. The number of rotatable bonds is 6. The van der Waals surface area contributed by atoms with Crippen LogP contribution in [0.15, 0.2) is 54.0 Å². The number of hydrogen-bond donors (Lipinski definition) is 4. The fraction of sp³-hybridized carbons (Fsp3) is 0.385. The lowest BCUT2D eigenvalue weighted by molar-refractivity contribution is -0.137. The Morgan fingerprint density at radius 2 is 1.90 bits per heavy atom. The molecular weight excluding hydrogens is 529 g/mol. The van der Waals surface area contributed by atoms with Gasteiger partial charge in [-0.2, -0.15) is 13.2 Å². The summed E-state index contributed by atoms with van der Waals surface area (Å²) in [6, 6.07) is 3.66. The highest BCUT2D eigenvalue weighted by Crippen LogP contribution is 2.36. The van der Waals surface area contributed by atoms with E-state index in [0.717, 1.165) is 25.2 Å². The molecule has 7 N–H and O–H groups in total. The fourth-order valence-corrected chi connectivity index (χ4v) is 5.10. The van der Waals surface area contributed by atoms with Crippen molar-refractivity contribution in [2.75, 3.05) is 49.2 Å². The molecule has 1 aliphatic heterocycles. The smallest absolute Gasteiger partial charge is 0.396 e. The maximum Gasteiger partial charge on any atom is 0.416 e. The van der Waals surface area contributed by atoms with Crippen LogP contribution in [0.25, 0.3) is 5.70 Å². The van der Waals surface area contributed by atoms with Crippen LogP contribution in [0.2, 0.25) is 0 Å². The minimum absolute atomic E-state index is 0.0560. The summed E-state index contributed by atoms with van der Waals surface area (Å²) in [4.78, 5) is 21.9. The fourth-order valence-electron chi connectivity index (χ4n) is 4.49. The Kier molecular flexibility index (Phi) is 8.23. The molecule has 2 aliphatic rings. The number of nitrogens with zero attached hydrogens (tertiary/aromatic N) is 4. The van der Waals surface area contributed by atoms with Gasteiger partial charge >= 0.3 is 6.18 Å². The van der Waals surface area contributed by atoms with Gasteiger partial charge < -0.3 is 26.6 Å². The average Bonchev–Trinajstić information content (AvgIpc) is 3.31. The molecule has 1 aromatic heterocycles. The zero-order valence-electron chi connectivity index (χ0n) is 22.0. The van der Waals surface area contributed by atoms with Crippen LogP contribution >= 0.6 is 11.3 Å². The topological polar surface area (TPSA) is 130 Å². The SMILES string of the molecule is CC1C=C(C(=O)Nc2cc(N3CCN(C)CC3)cc(C(F)(F)F)c2)C=C(N(N)/C=C(\N)c2cnc(N)s2)C1C. The highest BCUT2D eigenvalue weighted by Gasteiger charge is 2.32. The second-order valence-corrected chi connectivity index (χ2v) is 11.0. The third kappa shape index (κ3) is 6.72. The Hall–Kier alpha value is -3.55. The number of nitrogen functional groups attached to an aromatic ring is 1. The third-order valence-electron chi connectivity index (χ3n) is 7.02. The number of benzene rings is 1. The number of aromatic nitrogens is 1. The zero-order chi connectivity index (χ0) is 28.5. The molecule has 1 aliphatic carbocycles. The molecule has 1 fully saturated rings. The van der Waals surface area contributed by atoms with E-state index in [1.165, 1.54) is 22.5 Å². The second-order valence-electron chi connectivity index (χ2n) is 9.90. The van der Waals surface area contributed by atoms with Crippen molar-refractivity contribution in [1.29, 1.82) is 0 Å². The normalized spacial score (nSPS) is 20.9. The lowest BCUT2D eigenvalue weighted by Crippen LogP contribution is -2.44. The largest absolute Gasteiger partial charge is 0.416 e. The number of hydrazine groups is 1. The first-order valence-corrected chi connectivity index (χ1v) is 13.3. The van der Waals surface area contributed by atoms with Crippen molar-refractivity contribution in [1.82, 2.24) is 14.9 Å². The molecule has 0 radical (unpaired) electrons. The van der Waals surface area contributed by atoms with Gasteiger partial charge in [0, 0.05) is 67.1 Å². The number of allylic oxidation sites excluding steroid dienone is 2. The van der Waals surface area contributed by atoms with E-state index < -0.39 is 17.6 Å². The van der Waals surface area contributed by atoms with Crippen LogP contribution in [0, 0.1) is 11.8 Å². The molecule has 0 bridgehead atoms. The van der Waals surface area contributed by atoms with Crippen molar-refractivity contribution in [3.8, 4) is 0 Å². The summed E-state index contributed by atoms with van der Waals surface area (Å²) >= 11 is 1.22. The Morgan fingerprint density at radius 3 is 2.51 bits per heavy atom. The van der Waals surface area contributed by atoms with Gasteiger partial charge in [0.2, 0.25) is 0 Å². The van der Waals surface area contributed by atoms with E-state index in [-0.39, 0.29) is 17.5 Å². The van der Waals surface area contributed by atoms with Crippen molar-refractivity contribution in [2.24, 2.45) is 23.4 Å². The Bertz CT molecular complexity index is 1310. The quantitative estimate of drug-likeness (QED) is 0.310. The van der Waals surface area contributed by atoms with Crippen LogP contribution in [0.3, 0.4) is 0 Å². The number of anilines is 3. The minimum atomic E-state index is -4.56. The van der Waals surface area contributed by atoms with Crippen LogP contribution in [0.5, 0.6) is 0 Å². The summed E-state index contributed by atoms with van der Waals surface area (Å²) < 4.78 is 41.2. The maximum absolute atomic E-state index is 13.7. The molecule has 1 saturated heterocycles. The molecule has 13 heteroatoms. The van der Waals surface area contributed by atoms with Gasteiger partial charge in [-0.1, -0.05) is 31.3 Å². The molecule has 1 amide bonds. The van der Waals surface area contributed by atoms with Crippen LogP contribution in [-0.2, 0) is 11.0 Å². The van der Waals surface area contributed by atoms with Crippen LogP contribution in [0.1, 0.15) is 24.3 Å². The average molecular weight is 563 g/mol. The van der Waals surface area contributed by atoms with Crippen molar-refractivity contribution in [2.45, 2.75) is 20.0 Å². The summed E-state index contributed by atoms with van der Waals surface area (Å²) in [5.74, 6) is 5.65. The second kappa shape index (κ2) is 11.3. The highest BCUT2D eigenvalue weighted by atomic mass is 32.1. The molecular formula is C26H33F3N8OS. The number of nitrogens with one attached hydrogen (secondary N) is 1. The van der Waals surface area contributed by atoms with Crippen molar-refractivity contribution >= 4 is 39.4 Å². The van der Waals surface area contributed by atoms with Crippen LogP contribution in [-0.4, -0.2) is 54.0 Å². The molecule has 0 spiro atoms. The van der Waals surface area contributed by atoms with Crippen molar-refractivity contribution in [3.63, 3.8) is 0 Å². The first kappa shape index (κ1) is 28.5. The molecule has 2 heterocycles. The van der Waals surface area contributed by atoms with Gasteiger partial charge in [0.1, 0.15) is 0 Å². The predicted octanol–water partition coefficient (Wildman–Crippen LogP) is 3.66. The molecule has 9 nitrogen and oxygen atoms in total. The van der Waals surface area contributed by atoms with Crippen molar-refractivity contribution < 1.29 is 18.0 Å². The van der Waals surface area contributed by atoms with E-state index in [4.69, 9.17) is 17.3 Å². The first-order valence-electron chi connectivity index (χ1n) is 12.4. The molecule has 2 atom stereocenters. The van der Waals surface area contributed by atoms with Gasteiger partial charge in [-0.15, -0.1) is 0 Å². The van der Waals surface area contributed by atoms with E-state index in [1.807, 2.05) is 25.8 Å². The number of thiazole rings is 1. The predicted molar refractivity (Wildman–Crippen MR) is 149 cm³/mol. The summed E-state index contributed by atoms with van der Waals surface area (Å²) in [7, 11) is 1.97. The van der Waals surface area contributed by atoms with Gasteiger partial charge in [0.15, 0.2) is 5.13 Å². The lowest BCUT2D eigenvalue weighted by Gasteiger charge is -2.34. The number of halogens is 3. The van der Waals surface area contributed by atoms with E-state index >= 15 is 0 Å². The highest BCUT2D eigenvalue weighted by molar-refractivity contribution is 7.16. The first-order chi connectivity index (χ1) is 18.3.